The van der Waals surface area contributed by atoms with Gasteiger partial charge in [-0.2, -0.15) is 0 Å². The lowest BCUT2D eigenvalue weighted by atomic mass is 9.98. The Bertz CT molecular complexity index is 1220. The van der Waals surface area contributed by atoms with Crippen LogP contribution in [0.15, 0.2) is 48.5 Å². The van der Waals surface area contributed by atoms with Gasteiger partial charge in [-0.05, 0) is 97.1 Å². The minimum absolute atomic E-state index is 0.114. The van der Waals surface area contributed by atoms with Crippen LogP contribution < -0.4 is 4.52 Å². The molecular weight excluding hydrogens is 527 g/mol. The Kier molecular flexibility index (Phi) is 10.0. The molecule has 0 unspecified atom stereocenters. The summed E-state index contributed by atoms with van der Waals surface area (Å²) in [6, 6.07) is 14.7. The van der Waals surface area contributed by atoms with E-state index in [-0.39, 0.29) is 13.0 Å². The van der Waals surface area contributed by atoms with Crippen LogP contribution in [0.25, 0.3) is 11.1 Å². The molecule has 0 N–H and O–H groups in total. The van der Waals surface area contributed by atoms with E-state index in [4.69, 9.17) is 18.3 Å². The van der Waals surface area contributed by atoms with Gasteiger partial charge < -0.3 is 9.26 Å². The maximum Gasteiger partial charge on any atom is 0.531 e. The molecule has 0 spiro atoms. The van der Waals surface area contributed by atoms with E-state index in [1.165, 1.54) is 6.92 Å². The van der Waals surface area contributed by atoms with Crippen molar-refractivity contribution in [3.63, 3.8) is 0 Å². The number of aryl methyl sites for hydroxylation is 1. The van der Waals surface area contributed by atoms with Crippen LogP contribution in [0.4, 0.5) is 0 Å². The summed E-state index contributed by atoms with van der Waals surface area (Å²) >= 11 is 0. The molecule has 2 aromatic rings. The largest absolute Gasteiger partial charge is 0.531 e. The molecule has 0 saturated carbocycles. The molecule has 0 radical (unpaired) electrons. The summed E-state index contributed by atoms with van der Waals surface area (Å²) in [4.78, 5) is 12.4. The highest BCUT2D eigenvalue weighted by Gasteiger charge is 2.44. The van der Waals surface area contributed by atoms with E-state index in [1.54, 1.807) is 60.6 Å². The first-order valence-corrected chi connectivity index (χ1v) is 15.9. The second-order valence-corrected chi connectivity index (χ2v) is 15.3. The minimum atomic E-state index is -3.90. The summed E-state index contributed by atoms with van der Waals surface area (Å²) in [6.07, 6.45) is 1.57. The first-order chi connectivity index (χ1) is 17.3. The third-order valence-corrected chi connectivity index (χ3v) is 9.53. The van der Waals surface area contributed by atoms with Crippen LogP contribution in [0.5, 0.6) is 5.75 Å². The van der Waals surface area contributed by atoms with Gasteiger partial charge in [-0.1, -0.05) is 36.4 Å². The van der Waals surface area contributed by atoms with Crippen molar-refractivity contribution in [2.75, 3.05) is 12.9 Å². The van der Waals surface area contributed by atoms with Gasteiger partial charge in [0.05, 0.1) is 17.8 Å². The van der Waals surface area contributed by atoms with Crippen molar-refractivity contribution in [1.82, 2.24) is 0 Å². The van der Waals surface area contributed by atoms with Crippen LogP contribution in [-0.2, 0) is 39.4 Å². The van der Waals surface area contributed by atoms with Gasteiger partial charge in [0, 0.05) is 6.26 Å². The lowest BCUT2D eigenvalue weighted by molar-refractivity contribution is -0.146. The zero-order valence-corrected chi connectivity index (χ0v) is 25.6. The monoisotopic (exact) mass is 568 g/mol. The van der Waals surface area contributed by atoms with E-state index in [0.29, 0.717) is 12.2 Å². The van der Waals surface area contributed by atoms with Crippen molar-refractivity contribution in [3.8, 4) is 16.9 Å². The van der Waals surface area contributed by atoms with Crippen molar-refractivity contribution >= 4 is 23.6 Å². The van der Waals surface area contributed by atoms with E-state index >= 15 is 0 Å². The smallest absolute Gasteiger partial charge is 0.465 e. The number of esters is 1. The van der Waals surface area contributed by atoms with Crippen molar-refractivity contribution < 1.29 is 36.1 Å². The average Bonchev–Trinajstić information content (AvgIpc) is 2.75. The molecule has 2 rings (SSSR count). The number of phosphoric ester groups is 1. The summed E-state index contributed by atoms with van der Waals surface area (Å²) in [5.41, 5.74) is 1.25. The number of carbonyl (C=O) groups is 1. The molecular formula is C28H41O8PS. The quantitative estimate of drug-likeness (QED) is 0.216. The molecule has 212 valence electrons. The highest BCUT2D eigenvalue weighted by atomic mass is 32.2. The summed E-state index contributed by atoms with van der Waals surface area (Å²) in [5.74, 6) is -0.381. The molecule has 0 bridgehead atoms. The highest BCUT2D eigenvalue weighted by molar-refractivity contribution is 7.92. The Balaban J connectivity index is 2.16. The molecule has 10 heteroatoms. The molecule has 2 aromatic carbocycles. The molecule has 0 amide bonds. The number of carbonyl (C=O) groups excluding carboxylic acids is 1. The van der Waals surface area contributed by atoms with Gasteiger partial charge in [0.15, 0.2) is 14.6 Å². The number of sulfone groups is 1. The first-order valence-electron chi connectivity index (χ1n) is 12.5. The third kappa shape index (κ3) is 9.23. The number of rotatable bonds is 11. The van der Waals surface area contributed by atoms with E-state index in [2.05, 4.69) is 0 Å². The zero-order chi connectivity index (χ0) is 29.0. The molecule has 0 saturated heterocycles. The Morgan fingerprint density at radius 1 is 0.816 bits per heavy atom. The lowest BCUT2D eigenvalue weighted by Crippen LogP contribution is -2.44. The van der Waals surface area contributed by atoms with Crippen molar-refractivity contribution in [2.45, 2.75) is 84.2 Å². The van der Waals surface area contributed by atoms with E-state index < -0.39 is 39.6 Å². The molecule has 1 atom stereocenters. The number of benzene rings is 2. The second-order valence-electron chi connectivity index (χ2n) is 11.4. The molecule has 0 aliphatic rings. The first kappa shape index (κ1) is 32.0. The standard InChI is InChI=1S/C28H41O8PS/c1-10-33-25(29)28(8,38(9,31)32)20-19-21-11-13-22(14-12-21)23-15-17-24(18-16-23)34-37(30,35-26(2,3)4)36-27(5,6)7/h11-18H,10,19-20H2,1-9H3/t28-/m1/s1. The highest BCUT2D eigenvalue weighted by Crippen LogP contribution is 2.55. The Labute approximate surface area is 227 Å². The van der Waals surface area contributed by atoms with Gasteiger partial charge in [-0.25, -0.2) is 13.0 Å². The average molecular weight is 569 g/mol. The van der Waals surface area contributed by atoms with Crippen LogP contribution >= 0.6 is 7.82 Å². The molecule has 8 nitrogen and oxygen atoms in total. The number of phosphoric acid groups is 1. The van der Waals surface area contributed by atoms with Gasteiger partial charge in [-0.15, -0.1) is 0 Å². The predicted molar refractivity (Wildman–Crippen MR) is 150 cm³/mol. The van der Waals surface area contributed by atoms with Crippen LogP contribution in [0, 0.1) is 0 Å². The molecule has 0 aliphatic carbocycles. The van der Waals surface area contributed by atoms with Crippen molar-refractivity contribution in [2.24, 2.45) is 0 Å². The normalized spacial score (nSPS) is 14.6. The molecule has 0 heterocycles. The topological polar surface area (TPSA) is 105 Å². The van der Waals surface area contributed by atoms with Crippen LogP contribution in [0.3, 0.4) is 0 Å². The van der Waals surface area contributed by atoms with Crippen LogP contribution in [-0.4, -0.2) is 43.2 Å². The Morgan fingerprint density at radius 3 is 1.66 bits per heavy atom. The fourth-order valence-electron chi connectivity index (χ4n) is 3.53. The van der Waals surface area contributed by atoms with E-state index in [1.807, 2.05) is 36.4 Å². The minimum Gasteiger partial charge on any atom is -0.465 e. The molecule has 0 fully saturated rings. The fourth-order valence-corrected chi connectivity index (χ4v) is 6.20. The van der Waals surface area contributed by atoms with E-state index in [9.17, 15) is 17.8 Å². The van der Waals surface area contributed by atoms with Crippen LogP contribution in [0.2, 0.25) is 0 Å². The number of hydrogen-bond donors (Lipinski definition) is 0. The molecule has 0 aromatic heterocycles. The van der Waals surface area contributed by atoms with Crippen molar-refractivity contribution in [1.29, 1.82) is 0 Å². The van der Waals surface area contributed by atoms with Crippen LogP contribution in [0.1, 0.15) is 67.4 Å². The Morgan fingerprint density at radius 2 is 1.26 bits per heavy atom. The van der Waals surface area contributed by atoms with Gasteiger partial charge in [0.25, 0.3) is 0 Å². The van der Waals surface area contributed by atoms with Gasteiger partial charge in [0.1, 0.15) is 5.75 Å². The SMILES string of the molecule is CCOC(=O)[C@@](C)(CCc1ccc(-c2ccc(OP(=O)(OC(C)(C)C)OC(C)(C)C)cc2)cc1)S(C)(=O)=O. The fraction of sp³-hybridized carbons (Fsp3) is 0.536. The maximum absolute atomic E-state index is 13.3. The molecule has 0 aliphatic heterocycles. The summed E-state index contributed by atoms with van der Waals surface area (Å²) < 4.78 is 58.5. The third-order valence-electron chi connectivity index (χ3n) is 5.55. The molecule has 38 heavy (non-hydrogen) atoms. The second kappa shape index (κ2) is 11.9. The van der Waals surface area contributed by atoms with Gasteiger partial charge >= 0.3 is 13.8 Å². The Hall–Kier alpha value is -2.19. The van der Waals surface area contributed by atoms with Gasteiger partial charge in [-0.3, -0.25) is 13.8 Å². The number of ether oxygens (including phenoxy) is 1. The van der Waals surface area contributed by atoms with E-state index in [0.717, 1.165) is 22.9 Å². The maximum atomic E-state index is 13.3. The summed E-state index contributed by atoms with van der Waals surface area (Å²) in [7, 11) is -7.57. The van der Waals surface area contributed by atoms with Crippen molar-refractivity contribution in [3.05, 3.63) is 54.1 Å². The summed E-state index contributed by atoms with van der Waals surface area (Å²) in [6.45, 7) is 13.8. The lowest BCUT2D eigenvalue weighted by Gasteiger charge is -2.30. The predicted octanol–water partition coefficient (Wildman–Crippen LogP) is 6.77. The van der Waals surface area contributed by atoms with Gasteiger partial charge in [0.2, 0.25) is 0 Å². The summed E-state index contributed by atoms with van der Waals surface area (Å²) in [5, 5.41) is 0. The number of hydrogen-bond acceptors (Lipinski definition) is 8. The zero-order valence-electron chi connectivity index (χ0n) is 23.9.